The minimum Gasteiger partial charge on any atom is -0.361 e. The number of carbonyl (C=O) groups excluding carboxylic acids is 1. The lowest BCUT2D eigenvalue weighted by molar-refractivity contribution is -0.125. The second-order valence-electron chi connectivity index (χ2n) is 5.11. The van der Waals surface area contributed by atoms with E-state index in [1.54, 1.807) is 0 Å². The maximum Gasteiger partial charge on any atom is 0.224 e. The van der Waals surface area contributed by atoms with Crippen molar-refractivity contribution in [2.24, 2.45) is 5.92 Å². The lowest BCUT2D eigenvalue weighted by Crippen LogP contribution is -2.39. The van der Waals surface area contributed by atoms with E-state index < -0.39 is 0 Å². The minimum absolute atomic E-state index is 0. The van der Waals surface area contributed by atoms with E-state index in [9.17, 15) is 4.79 Å². The SMILES string of the molecule is Cc1noc(C)c1CC(C)NC(=O)C1CCNC1.Cl. The normalized spacial score (nSPS) is 19.8. The fourth-order valence-corrected chi connectivity index (χ4v) is 2.39. The van der Waals surface area contributed by atoms with Gasteiger partial charge >= 0.3 is 0 Å². The average Bonchev–Trinajstić information content (AvgIpc) is 2.94. The molecule has 0 aromatic carbocycles. The van der Waals surface area contributed by atoms with Gasteiger partial charge in [-0.05, 0) is 40.2 Å². The van der Waals surface area contributed by atoms with Crippen LogP contribution in [0.5, 0.6) is 0 Å². The van der Waals surface area contributed by atoms with Crippen molar-refractivity contribution in [3.63, 3.8) is 0 Å². The minimum atomic E-state index is 0. The Balaban J connectivity index is 0.00000180. The van der Waals surface area contributed by atoms with Gasteiger partial charge in [0.05, 0.1) is 11.6 Å². The van der Waals surface area contributed by atoms with Crippen LogP contribution in [0.4, 0.5) is 0 Å². The zero-order chi connectivity index (χ0) is 13.1. The summed E-state index contributed by atoms with van der Waals surface area (Å²) in [5.74, 6) is 1.12. The number of nitrogens with zero attached hydrogens (tertiary/aromatic N) is 1. The van der Waals surface area contributed by atoms with Gasteiger partial charge in [-0.3, -0.25) is 4.79 Å². The number of hydrogen-bond donors (Lipinski definition) is 2. The molecular weight excluding hydrogens is 266 g/mol. The Morgan fingerprint density at radius 3 is 2.84 bits per heavy atom. The van der Waals surface area contributed by atoms with Crippen LogP contribution in [0.1, 0.15) is 30.4 Å². The Bertz CT molecular complexity index is 408. The molecule has 2 rings (SSSR count). The first-order chi connectivity index (χ1) is 8.58. The molecular formula is C13H22ClN3O2. The highest BCUT2D eigenvalue weighted by molar-refractivity contribution is 5.85. The van der Waals surface area contributed by atoms with Gasteiger partial charge in [0.2, 0.25) is 5.91 Å². The van der Waals surface area contributed by atoms with Crippen LogP contribution in [-0.4, -0.2) is 30.2 Å². The van der Waals surface area contributed by atoms with Crippen molar-refractivity contribution in [3.05, 3.63) is 17.0 Å². The monoisotopic (exact) mass is 287 g/mol. The second-order valence-corrected chi connectivity index (χ2v) is 5.11. The molecule has 1 aliphatic rings. The summed E-state index contributed by atoms with van der Waals surface area (Å²) < 4.78 is 5.13. The molecule has 1 aromatic heterocycles. The van der Waals surface area contributed by atoms with Gasteiger partial charge in [0.25, 0.3) is 0 Å². The van der Waals surface area contributed by atoms with E-state index in [4.69, 9.17) is 4.52 Å². The molecule has 1 aliphatic heterocycles. The third kappa shape index (κ3) is 3.94. The van der Waals surface area contributed by atoms with E-state index in [0.29, 0.717) is 0 Å². The number of halogens is 1. The average molecular weight is 288 g/mol. The summed E-state index contributed by atoms with van der Waals surface area (Å²) >= 11 is 0. The smallest absolute Gasteiger partial charge is 0.224 e. The van der Waals surface area contributed by atoms with Gasteiger partial charge < -0.3 is 15.2 Å². The van der Waals surface area contributed by atoms with E-state index >= 15 is 0 Å². The van der Waals surface area contributed by atoms with Crippen LogP contribution in [0.2, 0.25) is 0 Å². The molecule has 2 N–H and O–H groups in total. The Morgan fingerprint density at radius 1 is 1.58 bits per heavy atom. The predicted octanol–water partition coefficient (Wildman–Crippen LogP) is 1.37. The fraction of sp³-hybridized carbons (Fsp3) is 0.692. The van der Waals surface area contributed by atoms with Crippen LogP contribution < -0.4 is 10.6 Å². The first-order valence-corrected chi connectivity index (χ1v) is 6.50. The van der Waals surface area contributed by atoms with Crippen molar-refractivity contribution < 1.29 is 9.32 Å². The molecule has 0 aliphatic carbocycles. The van der Waals surface area contributed by atoms with Crippen LogP contribution in [0.15, 0.2) is 4.52 Å². The standard InChI is InChI=1S/C13H21N3O2.ClH/c1-8(6-12-9(2)16-18-10(12)3)15-13(17)11-4-5-14-7-11;/h8,11,14H,4-7H2,1-3H3,(H,15,17);1H. The molecule has 2 heterocycles. The molecule has 1 amide bonds. The highest BCUT2D eigenvalue weighted by atomic mass is 35.5. The van der Waals surface area contributed by atoms with Crippen LogP contribution in [-0.2, 0) is 11.2 Å². The molecule has 6 heteroatoms. The fourth-order valence-electron chi connectivity index (χ4n) is 2.39. The van der Waals surface area contributed by atoms with Gasteiger partial charge in [0, 0.05) is 18.2 Å². The van der Waals surface area contributed by atoms with Crippen LogP contribution in [0.3, 0.4) is 0 Å². The highest BCUT2D eigenvalue weighted by Crippen LogP contribution is 2.15. The van der Waals surface area contributed by atoms with Gasteiger partial charge in [-0.1, -0.05) is 5.16 Å². The summed E-state index contributed by atoms with van der Waals surface area (Å²) in [5.41, 5.74) is 2.02. The topological polar surface area (TPSA) is 67.2 Å². The van der Waals surface area contributed by atoms with Gasteiger partial charge in [-0.2, -0.15) is 0 Å². The number of aromatic nitrogens is 1. The molecule has 5 nitrogen and oxygen atoms in total. The van der Waals surface area contributed by atoms with E-state index in [2.05, 4.69) is 15.8 Å². The van der Waals surface area contributed by atoms with E-state index in [1.165, 1.54) is 0 Å². The number of nitrogens with one attached hydrogen (secondary N) is 2. The summed E-state index contributed by atoms with van der Waals surface area (Å²) in [7, 11) is 0. The van der Waals surface area contributed by atoms with Crippen LogP contribution in [0, 0.1) is 19.8 Å². The number of aryl methyl sites for hydroxylation is 2. The Labute approximate surface area is 119 Å². The zero-order valence-corrected chi connectivity index (χ0v) is 12.5. The predicted molar refractivity (Wildman–Crippen MR) is 75.5 cm³/mol. The summed E-state index contributed by atoms with van der Waals surface area (Å²) in [6, 6.07) is 0.106. The molecule has 2 atom stereocenters. The third-order valence-electron chi connectivity index (χ3n) is 3.51. The van der Waals surface area contributed by atoms with Gasteiger partial charge in [0.1, 0.15) is 5.76 Å². The van der Waals surface area contributed by atoms with Crippen LogP contribution >= 0.6 is 12.4 Å². The van der Waals surface area contributed by atoms with Crippen LogP contribution in [0.25, 0.3) is 0 Å². The molecule has 0 saturated carbocycles. The molecule has 0 radical (unpaired) electrons. The first kappa shape index (κ1) is 16.0. The lowest BCUT2D eigenvalue weighted by Gasteiger charge is -2.16. The highest BCUT2D eigenvalue weighted by Gasteiger charge is 2.24. The summed E-state index contributed by atoms with van der Waals surface area (Å²) in [5, 5.41) is 10.2. The first-order valence-electron chi connectivity index (χ1n) is 6.50. The van der Waals surface area contributed by atoms with Crippen molar-refractivity contribution in [2.75, 3.05) is 13.1 Å². The lowest BCUT2D eigenvalue weighted by atomic mass is 10.0. The Morgan fingerprint density at radius 2 is 2.32 bits per heavy atom. The van der Waals surface area contributed by atoms with E-state index in [-0.39, 0.29) is 30.3 Å². The third-order valence-corrected chi connectivity index (χ3v) is 3.51. The number of carbonyl (C=O) groups is 1. The summed E-state index contributed by atoms with van der Waals surface area (Å²) in [6.45, 7) is 7.60. The van der Waals surface area contributed by atoms with Crippen molar-refractivity contribution in [3.8, 4) is 0 Å². The number of rotatable bonds is 4. The van der Waals surface area contributed by atoms with Gasteiger partial charge in [0.15, 0.2) is 0 Å². The number of amides is 1. The Kier molecular flexibility index (Phi) is 5.82. The molecule has 0 spiro atoms. The number of hydrogen-bond acceptors (Lipinski definition) is 4. The van der Waals surface area contributed by atoms with E-state index in [0.717, 1.165) is 42.9 Å². The summed E-state index contributed by atoms with van der Waals surface area (Å²) in [4.78, 5) is 12.0. The largest absolute Gasteiger partial charge is 0.361 e. The molecule has 19 heavy (non-hydrogen) atoms. The van der Waals surface area contributed by atoms with Gasteiger partial charge in [-0.25, -0.2) is 0 Å². The van der Waals surface area contributed by atoms with E-state index in [1.807, 2.05) is 20.8 Å². The van der Waals surface area contributed by atoms with Crippen molar-refractivity contribution in [1.29, 1.82) is 0 Å². The zero-order valence-electron chi connectivity index (χ0n) is 11.7. The molecule has 1 saturated heterocycles. The maximum absolute atomic E-state index is 12.0. The molecule has 0 bridgehead atoms. The van der Waals surface area contributed by atoms with Gasteiger partial charge in [-0.15, -0.1) is 12.4 Å². The quantitative estimate of drug-likeness (QED) is 0.878. The molecule has 108 valence electrons. The van der Waals surface area contributed by atoms with Crippen molar-refractivity contribution in [2.45, 2.75) is 39.7 Å². The summed E-state index contributed by atoms with van der Waals surface area (Å²) in [6.07, 6.45) is 1.71. The molecule has 1 fully saturated rings. The van der Waals surface area contributed by atoms with Crippen molar-refractivity contribution in [1.82, 2.24) is 15.8 Å². The Hall–Kier alpha value is -1.07. The maximum atomic E-state index is 12.0. The second kappa shape index (κ2) is 6.91. The molecule has 2 unspecified atom stereocenters. The molecule has 1 aromatic rings. The van der Waals surface area contributed by atoms with Crippen molar-refractivity contribution >= 4 is 18.3 Å².